The van der Waals surface area contributed by atoms with Crippen LogP contribution in [-0.4, -0.2) is 32.0 Å². The van der Waals surface area contributed by atoms with Gasteiger partial charge in [-0.2, -0.15) is 0 Å². The van der Waals surface area contributed by atoms with E-state index in [9.17, 15) is 9.59 Å². The third kappa shape index (κ3) is 6.70. The number of rotatable bonds is 8. The van der Waals surface area contributed by atoms with Crippen molar-refractivity contribution in [3.05, 3.63) is 59.1 Å². The number of carbonyl (C=O) groups is 2. The van der Waals surface area contributed by atoms with Gasteiger partial charge in [-0.3, -0.25) is 9.59 Å². The van der Waals surface area contributed by atoms with Crippen LogP contribution in [0.3, 0.4) is 0 Å². The molecule has 0 aliphatic rings. The molecule has 27 heavy (non-hydrogen) atoms. The zero-order chi connectivity index (χ0) is 19.8. The molecule has 5 nitrogen and oxygen atoms in total. The summed E-state index contributed by atoms with van der Waals surface area (Å²) in [6, 6.07) is 14.8. The number of carbonyl (C=O) groups excluding carboxylic acids is 2. The van der Waals surface area contributed by atoms with Gasteiger partial charge in [-0.05, 0) is 48.2 Å². The molecule has 0 radical (unpaired) electrons. The van der Waals surface area contributed by atoms with Crippen LogP contribution in [0.2, 0.25) is 5.02 Å². The standard InChI is InChI=1S/C21H26ClN3O2/c1-4-15(2)18-7-5-6-8-19(18)24-21(27)14-25(3)13-20(26)23-17-11-9-16(22)10-12-17/h5-12,15H,4,13-14H2,1-3H3,(H,23,26)(H,24,27)/p+1/t15-/m1/s1. The second-order valence-corrected chi connectivity index (χ2v) is 7.25. The molecule has 0 spiro atoms. The van der Waals surface area contributed by atoms with E-state index in [1.807, 2.05) is 31.3 Å². The smallest absolute Gasteiger partial charge is 0.279 e. The molecule has 0 aliphatic heterocycles. The summed E-state index contributed by atoms with van der Waals surface area (Å²) in [7, 11) is 1.82. The molecule has 0 saturated carbocycles. The van der Waals surface area contributed by atoms with Gasteiger partial charge in [0, 0.05) is 16.4 Å². The average Bonchev–Trinajstić information content (AvgIpc) is 2.63. The molecule has 3 N–H and O–H groups in total. The van der Waals surface area contributed by atoms with E-state index in [0.717, 1.165) is 22.6 Å². The Bertz CT molecular complexity index is 777. The van der Waals surface area contributed by atoms with E-state index in [1.54, 1.807) is 24.3 Å². The molecule has 0 aromatic heterocycles. The average molecular weight is 389 g/mol. The number of amides is 2. The van der Waals surface area contributed by atoms with Crippen LogP contribution in [0.1, 0.15) is 31.7 Å². The molecule has 0 saturated heterocycles. The number of hydrogen-bond donors (Lipinski definition) is 3. The Morgan fingerprint density at radius 2 is 1.59 bits per heavy atom. The molecule has 2 amide bonds. The minimum Gasteiger partial charge on any atom is -0.322 e. The predicted octanol–water partition coefficient (Wildman–Crippen LogP) is 2.95. The SMILES string of the molecule is CC[C@@H](C)c1ccccc1NC(=O)C[NH+](C)CC(=O)Nc1ccc(Cl)cc1. The highest BCUT2D eigenvalue weighted by atomic mass is 35.5. The summed E-state index contributed by atoms with van der Waals surface area (Å²) in [4.78, 5) is 25.3. The Kier molecular flexibility index (Phi) is 7.82. The Morgan fingerprint density at radius 3 is 2.22 bits per heavy atom. The van der Waals surface area contributed by atoms with Crippen LogP contribution in [0.15, 0.2) is 48.5 Å². The van der Waals surface area contributed by atoms with Gasteiger partial charge in [0.1, 0.15) is 0 Å². The first-order valence-electron chi connectivity index (χ1n) is 9.14. The van der Waals surface area contributed by atoms with Gasteiger partial charge >= 0.3 is 0 Å². The third-order valence-corrected chi connectivity index (χ3v) is 4.68. The Labute approximate surface area is 165 Å². The Morgan fingerprint density at radius 1 is 1.00 bits per heavy atom. The van der Waals surface area contributed by atoms with Crippen LogP contribution in [0.4, 0.5) is 11.4 Å². The summed E-state index contributed by atoms with van der Waals surface area (Å²) in [6.45, 7) is 4.68. The second-order valence-electron chi connectivity index (χ2n) is 6.81. The first kappa shape index (κ1) is 20.9. The van der Waals surface area contributed by atoms with Crippen LogP contribution in [0.25, 0.3) is 0 Å². The normalized spacial score (nSPS) is 12.9. The summed E-state index contributed by atoms with van der Waals surface area (Å²) >= 11 is 5.83. The monoisotopic (exact) mass is 388 g/mol. The Balaban J connectivity index is 1.86. The lowest BCUT2D eigenvalue weighted by Crippen LogP contribution is -3.11. The fraction of sp³-hybridized carbons (Fsp3) is 0.333. The van der Waals surface area contributed by atoms with Crippen LogP contribution < -0.4 is 15.5 Å². The van der Waals surface area contributed by atoms with E-state index in [2.05, 4.69) is 24.5 Å². The van der Waals surface area contributed by atoms with Gasteiger partial charge in [0.2, 0.25) is 0 Å². The van der Waals surface area contributed by atoms with Crippen LogP contribution in [-0.2, 0) is 9.59 Å². The first-order valence-corrected chi connectivity index (χ1v) is 9.52. The van der Waals surface area contributed by atoms with Crippen molar-refractivity contribution in [2.45, 2.75) is 26.2 Å². The van der Waals surface area contributed by atoms with E-state index in [-0.39, 0.29) is 24.9 Å². The van der Waals surface area contributed by atoms with E-state index in [0.29, 0.717) is 16.6 Å². The number of hydrogen-bond acceptors (Lipinski definition) is 2. The molecule has 2 rings (SSSR count). The molecule has 0 aliphatic carbocycles. The molecule has 2 aromatic rings. The van der Waals surface area contributed by atoms with Crippen LogP contribution >= 0.6 is 11.6 Å². The predicted molar refractivity (Wildman–Crippen MR) is 110 cm³/mol. The van der Waals surface area contributed by atoms with Crippen LogP contribution in [0.5, 0.6) is 0 Å². The highest BCUT2D eigenvalue weighted by Gasteiger charge is 2.16. The number of quaternary nitrogens is 1. The van der Waals surface area contributed by atoms with Crippen molar-refractivity contribution in [2.24, 2.45) is 0 Å². The number of halogens is 1. The van der Waals surface area contributed by atoms with Crippen LogP contribution in [0, 0.1) is 0 Å². The minimum absolute atomic E-state index is 0.109. The summed E-state index contributed by atoms with van der Waals surface area (Å²) in [5.41, 5.74) is 2.66. The van der Waals surface area contributed by atoms with E-state index in [1.165, 1.54) is 0 Å². The van der Waals surface area contributed by atoms with E-state index in [4.69, 9.17) is 11.6 Å². The summed E-state index contributed by atoms with van der Waals surface area (Å²) in [6.07, 6.45) is 1.00. The lowest BCUT2D eigenvalue weighted by atomic mass is 9.97. The molecule has 6 heteroatoms. The zero-order valence-electron chi connectivity index (χ0n) is 16.0. The molecule has 2 aromatic carbocycles. The number of nitrogens with one attached hydrogen (secondary N) is 3. The molecule has 0 heterocycles. The maximum atomic E-state index is 12.4. The van der Waals surface area contributed by atoms with Gasteiger partial charge in [0.05, 0.1) is 7.05 Å². The van der Waals surface area contributed by atoms with Gasteiger partial charge in [0.25, 0.3) is 11.8 Å². The van der Waals surface area contributed by atoms with Crippen molar-refractivity contribution >= 4 is 34.8 Å². The van der Waals surface area contributed by atoms with Gasteiger partial charge in [-0.25, -0.2) is 0 Å². The molecular weight excluding hydrogens is 362 g/mol. The third-order valence-electron chi connectivity index (χ3n) is 4.43. The maximum absolute atomic E-state index is 12.4. The van der Waals surface area contributed by atoms with Crippen molar-refractivity contribution in [3.8, 4) is 0 Å². The van der Waals surface area contributed by atoms with Crippen molar-refractivity contribution in [3.63, 3.8) is 0 Å². The fourth-order valence-corrected chi connectivity index (χ4v) is 2.93. The van der Waals surface area contributed by atoms with E-state index >= 15 is 0 Å². The zero-order valence-corrected chi connectivity index (χ0v) is 16.8. The largest absolute Gasteiger partial charge is 0.322 e. The molecule has 0 fully saturated rings. The maximum Gasteiger partial charge on any atom is 0.279 e. The number of benzene rings is 2. The number of anilines is 2. The first-order chi connectivity index (χ1) is 12.9. The van der Waals surface area contributed by atoms with Gasteiger partial charge in [-0.15, -0.1) is 0 Å². The van der Waals surface area contributed by atoms with Gasteiger partial charge in [-0.1, -0.05) is 43.6 Å². The van der Waals surface area contributed by atoms with Crippen molar-refractivity contribution < 1.29 is 14.5 Å². The van der Waals surface area contributed by atoms with Crippen molar-refractivity contribution in [1.29, 1.82) is 0 Å². The molecular formula is C21H27ClN3O2+. The topological polar surface area (TPSA) is 62.6 Å². The molecule has 1 unspecified atom stereocenters. The van der Waals surface area contributed by atoms with Crippen molar-refractivity contribution in [1.82, 2.24) is 0 Å². The molecule has 2 atom stereocenters. The fourth-order valence-electron chi connectivity index (χ4n) is 2.80. The summed E-state index contributed by atoms with van der Waals surface area (Å²) in [5, 5.41) is 6.40. The highest BCUT2D eigenvalue weighted by molar-refractivity contribution is 6.30. The molecule has 144 valence electrons. The highest BCUT2D eigenvalue weighted by Crippen LogP contribution is 2.26. The Hall–Kier alpha value is -2.37. The minimum atomic E-state index is -0.150. The van der Waals surface area contributed by atoms with E-state index < -0.39 is 0 Å². The number of para-hydroxylation sites is 1. The van der Waals surface area contributed by atoms with Gasteiger partial charge in [0.15, 0.2) is 13.1 Å². The van der Waals surface area contributed by atoms with Gasteiger partial charge < -0.3 is 15.5 Å². The lowest BCUT2D eigenvalue weighted by Gasteiger charge is -2.17. The summed E-state index contributed by atoms with van der Waals surface area (Å²) < 4.78 is 0. The summed E-state index contributed by atoms with van der Waals surface area (Å²) in [5.74, 6) is 0.113. The number of likely N-dealkylation sites (N-methyl/N-ethyl adjacent to an activating group) is 1. The molecule has 0 bridgehead atoms. The quantitative estimate of drug-likeness (QED) is 0.651. The lowest BCUT2D eigenvalue weighted by molar-refractivity contribution is -0.862. The second kappa shape index (κ2) is 10.1. The van der Waals surface area contributed by atoms with Crippen molar-refractivity contribution in [2.75, 3.05) is 30.8 Å².